The van der Waals surface area contributed by atoms with E-state index in [2.05, 4.69) is 30.2 Å². The molecule has 0 bridgehead atoms. The van der Waals surface area contributed by atoms with Crippen LogP contribution < -0.4 is 0 Å². The van der Waals surface area contributed by atoms with E-state index >= 15 is 0 Å². The van der Waals surface area contributed by atoms with Crippen molar-refractivity contribution in [1.29, 1.82) is 0 Å². The Hall–Kier alpha value is -4.34. The fourth-order valence-corrected chi connectivity index (χ4v) is 3.39. The molecule has 0 aliphatic carbocycles. The second kappa shape index (κ2) is 11.9. The van der Waals surface area contributed by atoms with Crippen LogP contribution in [0.3, 0.4) is 0 Å². The lowest BCUT2D eigenvalue weighted by molar-refractivity contribution is 0.768. The minimum Gasteiger partial charge on any atom is -0.340 e. The summed E-state index contributed by atoms with van der Waals surface area (Å²) in [7, 11) is 3.83. The fraction of sp³-hybridized carbons (Fsp3) is 0.308. The van der Waals surface area contributed by atoms with Crippen LogP contribution in [0.4, 0.5) is 0 Å². The van der Waals surface area contributed by atoms with Gasteiger partial charge < -0.3 is 4.57 Å². The predicted octanol–water partition coefficient (Wildman–Crippen LogP) is 4.93. The minimum atomic E-state index is 0.848. The lowest BCUT2D eigenvalue weighted by Gasteiger charge is -1.94. The lowest BCUT2D eigenvalue weighted by atomic mass is 10.3. The predicted molar refractivity (Wildman–Crippen MR) is 143 cm³/mol. The zero-order valence-electron chi connectivity index (χ0n) is 22.2. The highest BCUT2D eigenvalue weighted by atomic mass is 15.3. The number of hydrogen-bond acceptors (Lipinski definition) is 6. The Morgan fingerprint density at radius 2 is 1.22 bits per heavy atom. The maximum atomic E-state index is 4.50. The number of aromatic nitrogens is 10. The van der Waals surface area contributed by atoms with Crippen molar-refractivity contribution in [3.8, 4) is 22.6 Å². The number of imidazole rings is 1. The monoisotopic (exact) mass is 486 g/mol. The third-order valence-corrected chi connectivity index (χ3v) is 5.06. The minimum absolute atomic E-state index is 0.848. The Bertz CT molecular complexity index is 1420. The molecule has 0 saturated heterocycles. The molecule has 0 aliphatic heterocycles. The lowest BCUT2D eigenvalue weighted by Crippen LogP contribution is -1.94. The standard InChI is InChI=1S/2C11H11N5.2C2H6/c1-8-3-4-12-11-5-10(14-16(8)11)9-6-13-15(2)7-9;1-8-3-4-12-11-5-9(14-16(8)11)10-6-15(2)7-13-10;2*1-2/h2*3-7H,1-2H3;2*1-2H3. The Labute approximate surface area is 211 Å². The zero-order valence-corrected chi connectivity index (χ0v) is 22.2. The third-order valence-electron chi connectivity index (χ3n) is 5.06. The maximum Gasteiger partial charge on any atom is 0.155 e. The number of rotatable bonds is 2. The first-order valence-electron chi connectivity index (χ1n) is 12.1. The molecule has 0 unspecified atom stereocenters. The van der Waals surface area contributed by atoms with E-state index in [0.29, 0.717) is 0 Å². The van der Waals surface area contributed by atoms with Gasteiger partial charge >= 0.3 is 0 Å². The highest BCUT2D eigenvalue weighted by molar-refractivity contribution is 5.62. The normalized spacial score (nSPS) is 10.2. The molecule has 0 amide bonds. The van der Waals surface area contributed by atoms with E-state index in [1.54, 1.807) is 29.6 Å². The molecule has 10 heteroatoms. The Morgan fingerprint density at radius 1 is 0.667 bits per heavy atom. The van der Waals surface area contributed by atoms with Crippen molar-refractivity contribution in [1.82, 2.24) is 48.5 Å². The van der Waals surface area contributed by atoms with Crippen LogP contribution in [0.15, 0.2) is 61.6 Å². The van der Waals surface area contributed by atoms with Gasteiger partial charge in [0.2, 0.25) is 0 Å². The van der Waals surface area contributed by atoms with Crippen molar-refractivity contribution in [2.45, 2.75) is 41.5 Å². The van der Waals surface area contributed by atoms with E-state index in [9.17, 15) is 0 Å². The van der Waals surface area contributed by atoms with E-state index in [1.165, 1.54) is 0 Å². The number of nitrogens with zero attached hydrogens (tertiary/aromatic N) is 10. The average Bonchev–Trinajstić information content (AvgIpc) is 3.68. The Balaban J connectivity index is 0.000000177. The first-order valence-corrected chi connectivity index (χ1v) is 12.1. The van der Waals surface area contributed by atoms with Crippen LogP contribution in [0.2, 0.25) is 0 Å². The van der Waals surface area contributed by atoms with Crippen LogP contribution in [0.5, 0.6) is 0 Å². The van der Waals surface area contributed by atoms with Crippen molar-refractivity contribution >= 4 is 11.3 Å². The van der Waals surface area contributed by atoms with Crippen LogP contribution in [0.25, 0.3) is 33.9 Å². The maximum absolute atomic E-state index is 4.50. The molecule has 6 aromatic heterocycles. The largest absolute Gasteiger partial charge is 0.340 e. The van der Waals surface area contributed by atoms with E-state index in [-0.39, 0.29) is 0 Å². The van der Waals surface area contributed by atoms with Gasteiger partial charge in [-0.25, -0.2) is 24.0 Å². The summed E-state index contributed by atoms with van der Waals surface area (Å²) < 4.78 is 7.33. The summed E-state index contributed by atoms with van der Waals surface area (Å²) in [5.41, 5.74) is 7.46. The van der Waals surface area contributed by atoms with Gasteiger partial charge in [-0.15, -0.1) is 0 Å². The molecule has 0 aromatic carbocycles. The number of fused-ring (bicyclic) bond motifs is 2. The Morgan fingerprint density at radius 3 is 1.69 bits per heavy atom. The summed E-state index contributed by atoms with van der Waals surface area (Å²) in [6, 6.07) is 7.77. The summed E-state index contributed by atoms with van der Waals surface area (Å²) >= 11 is 0. The number of hydrogen-bond donors (Lipinski definition) is 0. The molecule has 0 saturated carbocycles. The van der Waals surface area contributed by atoms with Gasteiger partial charge in [-0.2, -0.15) is 15.3 Å². The Kier molecular flexibility index (Phi) is 8.66. The summed E-state index contributed by atoms with van der Waals surface area (Å²) in [6.45, 7) is 12.0. The van der Waals surface area contributed by atoms with Gasteiger partial charge in [-0.3, -0.25) is 4.68 Å². The smallest absolute Gasteiger partial charge is 0.155 e. The summed E-state index contributed by atoms with van der Waals surface area (Å²) in [4.78, 5) is 12.8. The van der Waals surface area contributed by atoms with Crippen molar-refractivity contribution in [3.63, 3.8) is 0 Å². The molecule has 36 heavy (non-hydrogen) atoms. The summed E-state index contributed by atoms with van der Waals surface area (Å²) in [5, 5.41) is 13.1. The topological polar surface area (TPSA) is 96.0 Å². The molecule has 6 aromatic rings. The average molecular weight is 487 g/mol. The van der Waals surface area contributed by atoms with Crippen molar-refractivity contribution < 1.29 is 0 Å². The third kappa shape index (κ3) is 5.65. The van der Waals surface area contributed by atoms with Crippen LogP contribution >= 0.6 is 0 Å². The second-order valence-corrected chi connectivity index (χ2v) is 7.60. The van der Waals surface area contributed by atoms with Gasteiger partial charge in [-0.1, -0.05) is 27.7 Å². The van der Waals surface area contributed by atoms with Crippen molar-refractivity contribution in [3.05, 3.63) is 73.0 Å². The quantitative estimate of drug-likeness (QED) is 0.344. The second-order valence-electron chi connectivity index (χ2n) is 7.60. The van der Waals surface area contributed by atoms with Crippen molar-refractivity contribution in [2.24, 2.45) is 14.1 Å². The highest BCUT2D eigenvalue weighted by Gasteiger charge is 2.09. The molecule has 188 valence electrons. The SMILES string of the molecule is CC.CC.Cc1ccnc2cc(-c3cn(C)cn3)nn12.Cc1ccnc2cc(-c3cnn(C)c3)nn12. The molecule has 0 fully saturated rings. The molecular formula is C26H34N10. The molecule has 0 spiro atoms. The van der Waals surface area contributed by atoms with Crippen molar-refractivity contribution in [2.75, 3.05) is 0 Å². The molecular weight excluding hydrogens is 452 g/mol. The molecule has 10 nitrogen and oxygen atoms in total. The van der Waals surface area contributed by atoms with Crippen LogP contribution in [-0.4, -0.2) is 48.5 Å². The van der Waals surface area contributed by atoms with E-state index in [1.807, 2.05) is 106 Å². The summed E-state index contributed by atoms with van der Waals surface area (Å²) in [6.07, 6.45) is 11.0. The molecule has 6 heterocycles. The molecule has 0 aliphatic rings. The fourth-order valence-electron chi connectivity index (χ4n) is 3.39. The van der Waals surface area contributed by atoms with Crippen LogP contribution in [0, 0.1) is 13.8 Å². The van der Waals surface area contributed by atoms with E-state index < -0.39 is 0 Å². The van der Waals surface area contributed by atoms with Crippen LogP contribution in [0.1, 0.15) is 39.1 Å². The van der Waals surface area contributed by atoms with Gasteiger partial charge in [0.1, 0.15) is 11.4 Å². The van der Waals surface area contributed by atoms with Gasteiger partial charge in [0, 0.05) is 68.0 Å². The summed E-state index contributed by atoms with van der Waals surface area (Å²) in [5.74, 6) is 0. The highest BCUT2D eigenvalue weighted by Crippen LogP contribution is 2.19. The first kappa shape index (κ1) is 26.3. The van der Waals surface area contributed by atoms with Crippen LogP contribution in [-0.2, 0) is 14.1 Å². The molecule has 0 radical (unpaired) electrons. The molecule has 6 rings (SSSR count). The van der Waals surface area contributed by atoms with E-state index in [0.717, 1.165) is 45.3 Å². The number of aryl methyl sites for hydroxylation is 4. The van der Waals surface area contributed by atoms with E-state index in [4.69, 9.17) is 0 Å². The van der Waals surface area contributed by atoms with Gasteiger partial charge in [0.05, 0.1) is 18.2 Å². The zero-order chi connectivity index (χ0) is 26.2. The van der Waals surface area contributed by atoms with Gasteiger partial charge in [-0.05, 0) is 26.0 Å². The van der Waals surface area contributed by atoms with Gasteiger partial charge in [0.15, 0.2) is 11.3 Å². The van der Waals surface area contributed by atoms with Gasteiger partial charge in [0.25, 0.3) is 0 Å². The molecule has 0 atom stereocenters. The molecule has 0 N–H and O–H groups in total. The first-order chi connectivity index (χ1) is 17.5.